The number of methoxy groups -OCH3 is 1. The van der Waals surface area contributed by atoms with E-state index in [2.05, 4.69) is 10.1 Å². The topological polar surface area (TPSA) is 64.6 Å². The van der Waals surface area contributed by atoms with E-state index < -0.39 is 35.0 Å². The van der Waals surface area contributed by atoms with E-state index >= 15 is 0 Å². The third kappa shape index (κ3) is 3.31. The van der Waals surface area contributed by atoms with Crippen LogP contribution in [0.15, 0.2) is 36.4 Å². The minimum absolute atomic E-state index is 0.282. The predicted octanol–water partition coefficient (Wildman–Crippen LogP) is 3.26. The van der Waals surface area contributed by atoms with Gasteiger partial charge in [0.25, 0.3) is 0 Å². The van der Waals surface area contributed by atoms with Crippen molar-refractivity contribution in [3.05, 3.63) is 59.2 Å². The SMILES string of the molecule is COC(=O)c1cc(NC(=O)C2CCOc3ccccc32)c(F)cc1F. The van der Waals surface area contributed by atoms with Crippen LogP contribution in [0, 0.1) is 11.6 Å². The first kappa shape index (κ1) is 16.9. The van der Waals surface area contributed by atoms with Crippen molar-refractivity contribution in [2.24, 2.45) is 0 Å². The van der Waals surface area contributed by atoms with Crippen molar-refractivity contribution in [3.8, 4) is 5.75 Å². The average molecular weight is 347 g/mol. The van der Waals surface area contributed by atoms with Gasteiger partial charge in [0.05, 0.1) is 30.9 Å². The number of ether oxygens (including phenoxy) is 2. The number of rotatable bonds is 3. The number of carbonyl (C=O) groups is 2. The van der Waals surface area contributed by atoms with Crippen LogP contribution < -0.4 is 10.1 Å². The summed E-state index contributed by atoms with van der Waals surface area (Å²) in [6, 6.07) is 8.56. The molecule has 0 saturated carbocycles. The number of hydrogen-bond acceptors (Lipinski definition) is 4. The summed E-state index contributed by atoms with van der Waals surface area (Å²) in [7, 11) is 1.09. The molecule has 0 bridgehead atoms. The maximum Gasteiger partial charge on any atom is 0.340 e. The number of amides is 1. The predicted molar refractivity (Wildman–Crippen MR) is 85.6 cm³/mol. The Kier molecular flexibility index (Phi) is 4.65. The number of carbonyl (C=O) groups excluding carboxylic acids is 2. The van der Waals surface area contributed by atoms with Gasteiger partial charge in [-0.25, -0.2) is 13.6 Å². The zero-order valence-electron chi connectivity index (χ0n) is 13.3. The number of esters is 1. The molecule has 0 saturated heterocycles. The first-order chi connectivity index (χ1) is 12.0. The van der Waals surface area contributed by atoms with Crippen LogP contribution in [0.25, 0.3) is 0 Å². The lowest BCUT2D eigenvalue weighted by atomic mass is 9.92. The van der Waals surface area contributed by atoms with E-state index in [-0.39, 0.29) is 5.69 Å². The largest absolute Gasteiger partial charge is 0.493 e. The number of nitrogens with one attached hydrogen (secondary N) is 1. The van der Waals surface area contributed by atoms with Gasteiger partial charge in [0, 0.05) is 11.6 Å². The van der Waals surface area contributed by atoms with Crippen LogP contribution in [0.2, 0.25) is 0 Å². The van der Waals surface area contributed by atoms with Crippen LogP contribution in [0.5, 0.6) is 5.75 Å². The van der Waals surface area contributed by atoms with Crippen LogP contribution >= 0.6 is 0 Å². The normalized spacial score (nSPS) is 15.7. The van der Waals surface area contributed by atoms with Gasteiger partial charge in [-0.2, -0.15) is 0 Å². The van der Waals surface area contributed by atoms with Crippen LogP contribution in [0.4, 0.5) is 14.5 Å². The van der Waals surface area contributed by atoms with Crippen molar-refractivity contribution in [1.29, 1.82) is 0 Å². The quantitative estimate of drug-likeness (QED) is 0.866. The highest BCUT2D eigenvalue weighted by molar-refractivity contribution is 5.98. The lowest BCUT2D eigenvalue weighted by Gasteiger charge is -2.25. The van der Waals surface area contributed by atoms with Crippen molar-refractivity contribution >= 4 is 17.6 Å². The number of para-hydroxylation sites is 1. The highest BCUT2D eigenvalue weighted by Crippen LogP contribution is 2.34. The van der Waals surface area contributed by atoms with Crippen LogP contribution in [0.3, 0.4) is 0 Å². The van der Waals surface area contributed by atoms with Crippen LogP contribution in [-0.2, 0) is 9.53 Å². The first-order valence-corrected chi connectivity index (χ1v) is 7.61. The molecule has 0 radical (unpaired) electrons. The lowest BCUT2D eigenvalue weighted by Crippen LogP contribution is -2.27. The summed E-state index contributed by atoms with van der Waals surface area (Å²) in [4.78, 5) is 24.1. The number of benzene rings is 2. The van der Waals surface area contributed by atoms with Crippen LogP contribution in [0.1, 0.15) is 28.3 Å². The Labute approximate surface area is 142 Å². The zero-order valence-corrected chi connectivity index (χ0v) is 13.3. The molecule has 0 fully saturated rings. The second kappa shape index (κ2) is 6.88. The highest BCUT2D eigenvalue weighted by Gasteiger charge is 2.28. The molecule has 1 aliphatic rings. The fourth-order valence-corrected chi connectivity index (χ4v) is 2.75. The molecule has 1 amide bonds. The van der Waals surface area contributed by atoms with Gasteiger partial charge in [-0.3, -0.25) is 4.79 Å². The molecule has 1 heterocycles. The number of hydrogen-bond donors (Lipinski definition) is 1. The van der Waals surface area contributed by atoms with E-state index in [0.29, 0.717) is 30.4 Å². The minimum atomic E-state index is -1.06. The van der Waals surface area contributed by atoms with E-state index in [4.69, 9.17) is 4.74 Å². The number of halogens is 2. The number of fused-ring (bicyclic) bond motifs is 1. The molecule has 130 valence electrons. The summed E-state index contributed by atoms with van der Waals surface area (Å²) in [6.07, 6.45) is 0.426. The molecule has 1 atom stereocenters. The van der Waals surface area contributed by atoms with Gasteiger partial charge in [-0.15, -0.1) is 0 Å². The van der Waals surface area contributed by atoms with Crippen molar-refractivity contribution in [2.75, 3.05) is 19.0 Å². The summed E-state index contributed by atoms with van der Waals surface area (Å²) >= 11 is 0. The van der Waals surface area contributed by atoms with Gasteiger partial charge >= 0.3 is 5.97 Å². The molecule has 1 N–H and O–H groups in total. The molecule has 7 heteroatoms. The van der Waals surface area contributed by atoms with Gasteiger partial charge in [0.2, 0.25) is 5.91 Å². The Morgan fingerprint density at radius 2 is 1.96 bits per heavy atom. The third-order valence-electron chi connectivity index (χ3n) is 3.99. The minimum Gasteiger partial charge on any atom is -0.493 e. The van der Waals surface area contributed by atoms with E-state index in [0.717, 1.165) is 13.2 Å². The van der Waals surface area contributed by atoms with E-state index in [1.54, 1.807) is 24.3 Å². The van der Waals surface area contributed by atoms with Gasteiger partial charge in [0.15, 0.2) is 0 Å². The summed E-state index contributed by atoms with van der Waals surface area (Å²) in [5, 5.41) is 2.42. The molecule has 0 aliphatic carbocycles. The molecule has 25 heavy (non-hydrogen) atoms. The molecule has 0 spiro atoms. The maximum absolute atomic E-state index is 14.0. The standard InChI is InChI=1S/C18H15F2NO4/c1-24-18(23)12-8-15(14(20)9-13(12)19)21-17(22)11-6-7-25-16-5-3-2-4-10(11)16/h2-5,8-9,11H,6-7H2,1H3,(H,21,22). The molecule has 3 rings (SSSR count). The Balaban J connectivity index is 1.88. The van der Waals surface area contributed by atoms with Crippen LogP contribution in [-0.4, -0.2) is 25.6 Å². The molecular weight excluding hydrogens is 332 g/mol. The molecule has 0 aromatic heterocycles. The first-order valence-electron chi connectivity index (χ1n) is 7.61. The summed E-state index contributed by atoms with van der Waals surface area (Å²) in [5.41, 5.74) is -0.0377. The molecular formula is C18H15F2NO4. The van der Waals surface area contributed by atoms with E-state index in [1.165, 1.54) is 0 Å². The Morgan fingerprint density at radius 3 is 2.72 bits per heavy atom. The highest BCUT2D eigenvalue weighted by atomic mass is 19.1. The molecule has 1 aliphatic heterocycles. The third-order valence-corrected chi connectivity index (χ3v) is 3.99. The Hall–Kier alpha value is -2.96. The maximum atomic E-state index is 14.0. The molecule has 2 aromatic carbocycles. The summed E-state index contributed by atoms with van der Waals surface area (Å²) < 4.78 is 37.6. The fourth-order valence-electron chi connectivity index (χ4n) is 2.75. The van der Waals surface area contributed by atoms with Crippen molar-refractivity contribution in [3.63, 3.8) is 0 Å². The second-order valence-corrected chi connectivity index (χ2v) is 5.52. The summed E-state index contributed by atoms with van der Waals surface area (Å²) in [6.45, 7) is 0.356. The number of anilines is 1. The fraction of sp³-hybridized carbons (Fsp3) is 0.222. The van der Waals surface area contributed by atoms with Gasteiger partial charge in [-0.05, 0) is 18.6 Å². The van der Waals surface area contributed by atoms with E-state index in [9.17, 15) is 18.4 Å². The van der Waals surface area contributed by atoms with Gasteiger partial charge in [0.1, 0.15) is 17.4 Å². The average Bonchev–Trinajstić information content (AvgIpc) is 2.62. The van der Waals surface area contributed by atoms with Crippen molar-refractivity contribution in [1.82, 2.24) is 0 Å². The lowest BCUT2D eigenvalue weighted by molar-refractivity contribution is -0.118. The monoisotopic (exact) mass is 347 g/mol. The second-order valence-electron chi connectivity index (χ2n) is 5.52. The molecule has 5 nitrogen and oxygen atoms in total. The molecule has 1 unspecified atom stereocenters. The Morgan fingerprint density at radius 1 is 1.20 bits per heavy atom. The smallest absolute Gasteiger partial charge is 0.340 e. The summed E-state index contributed by atoms with van der Waals surface area (Å²) in [5.74, 6) is -3.38. The Bertz CT molecular complexity index is 838. The zero-order chi connectivity index (χ0) is 18.0. The van der Waals surface area contributed by atoms with Gasteiger partial charge in [-0.1, -0.05) is 18.2 Å². The molecule has 2 aromatic rings. The van der Waals surface area contributed by atoms with Crippen molar-refractivity contribution < 1.29 is 27.8 Å². The van der Waals surface area contributed by atoms with Gasteiger partial charge < -0.3 is 14.8 Å². The van der Waals surface area contributed by atoms with Crippen molar-refractivity contribution in [2.45, 2.75) is 12.3 Å². The van der Waals surface area contributed by atoms with E-state index in [1.807, 2.05) is 0 Å².